The molecule has 0 radical (unpaired) electrons. The Bertz CT molecular complexity index is 760. The van der Waals surface area contributed by atoms with E-state index in [1.165, 1.54) is 0 Å². The highest BCUT2D eigenvalue weighted by atomic mass is 16.4. The van der Waals surface area contributed by atoms with Crippen LogP contribution in [0.5, 0.6) is 0 Å². The minimum absolute atomic E-state index is 0.649. The Hall–Kier alpha value is -2.62. The molecule has 3 heteroatoms. The molecule has 0 fully saturated rings. The van der Waals surface area contributed by atoms with E-state index in [1.807, 2.05) is 91.0 Å². The highest BCUT2D eigenvalue weighted by Gasteiger charge is 2.48. The van der Waals surface area contributed by atoms with Crippen LogP contribution in [0.3, 0.4) is 0 Å². The van der Waals surface area contributed by atoms with Crippen molar-refractivity contribution < 1.29 is 10.0 Å². The second kappa shape index (κ2) is 6.87. The molecule has 24 heavy (non-hydrogen) atoms. The highest BCUT2D eigenvalue weighted by Crippen LogP contribution is 2.44. The van der Waals surface area contributed by atoms with Crippen LogP contribution in [-0.2, 0) is 5.31 Å². The van der Waals surface area contributed by atoms with Crippen LogP contribution in [0.1, 0.15) is 16.7 Å². The molecule has 0 atom stereocenters. The van der Waals surface area contributed by atoms with Gasteiger partial charge in [-0.25, -0.2) is 0 Å². The third-order valence-corrected chi connectivity index (χ3v) is 4.44. The summed E-state index contributed by atoms with van der Waals surface area (Å²) in [7, 11) is -1.63. The zero-order valence-electron chi connectivity index (χ0n) is 13.3. The predicted octanol–water partition coefficient (Wildman–Crippen LogP) is 3.70. The fourth-order valence-corrected chi connectivity index (χ4v) is 3.24. The van der Waals surface area contributed by atoms with Crippen molar-refractivity contribution >= 4 is 12.7 Å². The van der Waals surface area contributed by atoms with Crippen molar-refractivity contribution in [3.8, 4) is 0 Å². The zero-order valence-corrected chi connectivity index (χ0v) is 13.3. The summed E-state index contributed by atoms with van der Waals surface area (Å²) in [4.78, 5) is 0. The quantitative estimate of drug-likeness (QED) is 0.705. The third kappa shape index (κ3) is 2.69. The van der Waals surface area contributed by atoms with Crippen molar-refractivity contribution in [3.63, 3.8) is 0 Å². The molecule has 0 aliphatic rings. The molecule has 2 N–H and O–H groups in total. The standard InChI is InChI=1S/C21H19BO2/c1-17(18-11-5-2-6-12-18)21(22(23)24,19-13-7-3-8-14-19)20-15-9-4-10-16-20/h2-16,23-24H,1H2. The number of benzene rings is 3. The number of rotatable bonds is 5. The van der Waals surface area contributed by atoms with Crippen LogP contribution in [0.25, 0.3) is 5.57 Å². The molecular formula is C21H19BO2. The van der Waals surface area contributed by atoms with Crippen LogP contribution < -0.4 is 0 Å². The molecule has 2 nitrogen and oxygen atoms in total. The van der Waals surface area contributed by atoms with Gasteiger partial charge in [0.15, 0.2) is 0 Å². The SMILES string of the molecule is C=C(c1ccccc1)C(B(O)O)(c1ccccc1)c1ccccc1. The molecule has 118 valence electrons. The van der Waals surface area contributed by atoms with E-state index in [9.17, 15) is 10.0 Å². The highest BCUT2D eigenvalue weighted by molar-refractivity contribution is 6.51. The van der Waals surface area contributed by atoms with Gasteiger partial charge in [-0.2, -0.15) is 0 Å². The normalized spacial score (nSPS) is 11.1. The van der Waals surface area contributed by atoms with E-state index in [0.717, 1.165) is 16.7 Å². The Morgan fingerprint density at radius 3 is 1.42 bits per heavy atom. The third-order valence-electron chi connectivity index (χ3n) is 4.44. The van der Waals surface area contributed by atoms with E-state index >= 15 is 0 Å². The molecule has 0 bridgehead atoms. The van der Waals surface area contributed by atoms with Gasteiger partial charge < -0.3 is 10.0 Å². The van der Waals surface area contributed by atoms with Gasteiger partial charge in [-0.3, -0.25) is 0 Å². The van der Waals surface area contributed by atoms with E-state index in [2.05, 4.69) is 6.58 Å². The Labute approximate surface area is 142 Å². The molecule has 0 saturated heterocycles. The van der Waals surface area contributed by atoms with Crippen molar-refractivity contribution in [1.29, 1.82) is 0 Å². The Balaban J connectivity index is 2.30. The van der Waals surface area contributed by atoms with Gasteiger partial charge >= 0.3 is 7.12 Å². The molecular weight excluding hydrogens is 295 g/mol. The molecule has 0 aliphatic carbocycles. The van der Waals surface area contributed by atoms with Crippen LogP contribution in [0.2, 0.25) is 0 Å². The van der Waals surface area contributed by atoms with E-state index in [0.29, 0.717) is 5.57 Å². The first-order valence-corrected chi connectivity index (χ1v) is 7.89. The van der Waals surface area contributed by atoms with Crippen LogP contribution in [0, 0.1) is 0 Å². The first-order chi connectivity index (χ1) is 11.7. The van der Waals surface area contributed by atoms with Gasteiger partial charge in [0.2, 0.25) is 0 Å². The lowest BCUT2D eigenvalue weighted by molar-refractivity contribution is 0.381. The summed E-state index contributed by atoms with van der Waals surface area (Å²) < 4.78 is 0. The van der Waals surface area contributed by atoms with Crippen LogP contribution in [-0.4, -0.2) is 17.2 Å². The van der Waals surface area contributed by atoms with Crippen molar-refractivity contribution in [2.24, 2.45) is 0 Å². The molecule has 3 rings (SSSR count). The summed E-state index contributed by atoms with van der Waals surface area (Å²) in [5.74, 6) is 0. The average molecular weight is 314 g/mol. The lowest BCUT2D eigenvalue weighted by Crippen LogP contribution is -2.45. The summed E-state index contributed by atoms with van der Waals surface area (Å²) in [6, 6.07) is 28.7. The van der Waals surface area contributed by atoms with Gasteiger partial charge in [0.25, 0.3) is 0 Å². The van der Waals surface area contributed by atoms with Gasteiger partial charge in [0.05, 0.1) is 5.31 Å². The van der Waals surface area contributed by atoms with Crippen molar-refractivity contribution in [1.82, 2.24) is 0 Å². The molecule has 0 aromatic heterocycles. The largest absolute Gasteiger partial charge is 0.472 e. The first kappa shape index (κ1) is 16.3. The number of hydrogen-bond acceptors (Lipinski definition) is 2. The smallest absolute Gasteiger partial charge is 0.426 e. The van der Waals surface area contributed by atoms with Crippen molar-refractivity contribution in [3.05, 3.63) is 114 Å². The molecule has 0 spiro atoms. The Kier molecular flexibility index (Phi) is 4.65. The predicted molar refractivity (Wildman–Crippen MR) is 99.3 cm³/mol. The van der Waals surface area contributed by atoms with E-state index in [-0.39, 0.29) is 0 Å². The Morgan fingerprint density at radius 2 is 1.04 bits per heavy atom. The average Bonchev–Trinajstić information content (AvgIpc) is 2.64. The van der Waals surface area contributed by atoms with Crippen LogP contribution >= 0.6 is 0 Å². The number of hydrogen-bond donors (Lipinski definition) is 2. The summed E-state index contributed by atoms with van der Waals surface area (Å²) in [6.45, 7) is 4.25. The van der Waals surface area contributed by atoms with Crippen molar-refractivity contribution in [2.75, 3.05) is 0 Å². The monoisotopic (exact) mass is 314 g/mol. The first-order valence-electron chi connectivity index (χ1n) is 7.89. The van der Waals surface area contributed by atoms with Gasteiger partial charge in [0.1, 0.15) is 0 Å². The maximum Gasteiger partial charge on any atom is 0.472 e. The van der Waals surface area contributed by atoms with Gasteiger partial charge in [-0.15, -0.1) is 0 Å². The second-order valence-corrected chi connectivity index (χ2v) is 5.76. The van der Waals surface area contributed by atoms with Gasteiger partial charge in [-0.05, 0) is 22.3 Å². The lowest BCUT2D eigenvalue weighted by Gasteiger charge is -2.36. The maximum absolute atomic E-state index is 10.5. The fourth-order valence-electron chi connectivity index (χ4n) is 3.24. The summed E-state index contributed by atoms with van der Waals surface area (Å²) in [5, 5.41) is 19.9. The Morgan fingerprint density at radius 1 is 0.667 bits per heavy atom. The van der Waals surface area contributed by atoms with E-state index in [4.69, 9.17) is 0 Å². The summed E-state index contributed by atoms with van der Waals surface area (Å²) >= 11 is 0. The molecule has 3 aromatic rings. The maximum atomic E-state index is 10.5. The van der Waals surface area contributed by atoms with Gasteiger partial charge in [0, 0.05) is 0 Å². The van der Waals surface area contributed by atoms with E-state index in [1.54, 1.807) is 0 Å². The minimum atomic E-state index is -1.63. The summed E-state index contributed by atoms with van der Waals surface area (Å²) in [5.41, 5.74) is 3.11. The molecule has 3 aromatic carbocycles. The van der Waals surface area contributed by atoms with E-state index < -0.39 is 12.4 Å². The summed E-state index contributed by atoms with van der Waals surface area (Å²) in [6.07, 6.45) is 0. The van der Waals surface area contributed by atoms with Gasteiger partial charge in [-0.1, -0.05) is 97.6 Å². The van der Waals surface area contributed by atoms with Crippen LogP contribution in [0.15, 0.2) is 97.6 Å². The van der Waals surface area contributed by atoms with Crippen molar-refractivity contribution in [2.45, 2.75) is 5.31 Å². The molecule has 0 amide bonds. The zero-order chi connectivity index (χ0) is 17.0. The second-order valence-electron chi connectivity index (χ2n) is 5.76. The molecule has 0 aliphatic heterocycles. The van der Waals surface area contributed by atoms with Crippen LogP contribution in [0.4, 0.5) is 0 Å². The molecule has 0 heterocycles. The molecule has 0 saturated carbocycles. The topological polar surface area (TPSA) is 40.5 Å². The minimum Gasteiger partial charge on any atom is -0.426 e. The lowest BCUT2D eigenvalue weighted by atomic mass is 9.47. The fraction of sp³-hybridized carbons (Fsp3) is 0.0476. The molecule has 0 unspecified atom stereocenters. The number of allylic oxidation sites excluding steroid dienone is 1.